The van der Waals surface area contributed by atoms with E-state index in [-0.39, 0.29) is 6.73 Å². The van der Waals surface area contributed by atoms with E-state index in [4.69, 9.17) is 10.8 Å². The van der Waals surface area contributed by atoms with Crippen LogP contribution in [0.15, 0.2) is 12.7 Å². The molecule has 0 aliphatic carbocycles. The van der Waals surface area contributed by atoms with Crippen molar-refractivity contribution in [2.45, 2.75) is 12.2 Å². The zero-order valence-electron chi connectivity index (χ0n) is 6.19. The molecule has 0 heterocycles. The Morgan fingerprint density at radius 3 is 2.91 bits per heavy atom. The van der Waals surface area contributed by atoms with Crippen LogP contribution in [-0.2, 0) is 9.45 Å². The van der Waals surface area contributed by atoms with E-state index in [0.717, 1.165) is 0 Å². The molecule has 0 aliphatic rings. The Bertz CT molecular complexity index is 140. The van der Waals surface area contributed by atoms with Gasteiger partial charge in [0.25, 0.3) is 0 Å². The maximum Gasteiger partial charge on any atom is 0.309 e. The summed E-state index contributed by atoms with van der Waals surface area (Å²) in [6.45, 7) is 3.42. The monoisotopic (exact) mass is 156 g/mol. The van der Waals surface area contributed by atoms with E-state index in [1.165, 1.54) is 13.6 Å². The van der Waals surface area contributed by atoms with Crippen molar-refractivity contribution in [3.8, 4) is 0 Å². The van der Waals surface area contributed by atoms with E-state index in [1.54, 1.807) is 0 Å². The van der Waals surface area contributed by atoms with Gasteiger partial charge in [0.1, 0.15) is 0 Å². The van der Waals surface area contributed by atoms with Gasteiger partial charge in [0.15, 0.2) is 0 Å². The molecule has 0 spiro atoms. The molecular weight excluding hydrogens is 145 g/mol. The molecule has 5 heteroatoms. The second-order valence-electron chi connectivity index (χ2n) is 1.94. The van der Waals surface area contributed by atoms with E-state index >= 15 is 0 Å². The summed E-state index contributed by atoms with van der Waals surface area (Å²) in [5.41, 5.74) is 5.00. The van der Waals surface area contributed by atoms with E-state index < -0.39 is 11.8 Å². The van der Waals surface area contributed by atoms with Crippen LogP contribution < -0.4 is 5.73 Å². The Morgan fingerprint density at radius 1 is 1.91 bits per heavy atom. The fourth-order valence-electron chi connectivity index (χ4n) is 0.566. The first-order valence-corrected chi connectivity index (χ1v) is 3.21. The Morgan fingerprint density at radius 2 is 2.55 bits per heavy atom. The molecule has 61 valence electrons. The summed E-state index contributed by atoms with van der Waals surface area (Å²) in [5.74, 6) is -1.57. The third-order valence-corrected chi connectivity index (χ3v) is 1.09. The summed E-state index contributed by atoms with van der Waals surface area (Å²) in [7, 11) is 1.21. The number of allylic oxidation sites excluding steroid dienone is 1. The highest BCUT2D eigenvalue weighted by molar-refractivity contribution is 6.36. The van der Waals surface area contributed by atoms with Gasteiger partial charge in [-0.3, -0.25) is 4.79 Å². The number of carboxylic acid groups (broad SMARTS) is 1. The van der Waals surface area contributed by atoms with Crippen LogP contribution in [0.4, 0.5) is 0 Å². The molecule has 0 aromatic carbocycles. The lowest BCUT2D eigenvalue weighted by atomic mass is 9.78. The van der Waals surface area contributed by atoms with Crippen LogP contribution in [0.5, 0.6) is 0 Å². The SMILES string of the molecule is C=CCC([B]OCN)C(=O)O. The molecule has 0 saturated heterocycles. The molecule has 1 atom stereocenters. The topological polar surface area (TPSA) is 72.5 Å². The van der Waals surface area contributed by atoms with Crippen molar-refractivity contribution >= 4 is 13.5 Å². The van der Waals surface area contributed by atoms with E-state index in [1.807, 2.05) is 0 Å². The van der Waals surface area contributed by atoms with Gasteiger partial charge in [0.05, 0.1) is 12.5 Å². The molecule has 1 unspecified atom stereocenters. The first kappa shape index (κ1) is 10.2. The van der Waals surface area contributed by atoms with Crippen LogP contribution in [0.3, 0.4) is 0 Å². The number of carbonyl (C=O) groups is 1. The smallest absolute Gasteiger partial charge is 0.309 e. The highest BCUT2D eigenvalue weighted by Gasteiger charge is 2.17. The maximum atomic E-state index is 10.4. The Labute approximate surface area is 66.3 Å². The Balaban J connectivity index is 3.69. The van der Waals surface area contributed by atoms with Gasteiger partial charge in [-0.1, -0.05) is 6.08 Å². The van der Waals surface area contributed by atoms with Gasteiger partial charge >= 0.3 is 13.5 Å². The molecule has 3 N–H and O–H groups in total. The minimum absolute atomic E-state index is 0.000916. The van der Waals surface area contributed by atoms with Crippen molar-refractivity contribution < 1.29 is 14.6 Å². The molecule has 0 saturated carbocycles. The van der Waals surface area contributed by atoms with Crippen LogP contribution in [0, 0.1) is 0 Å². The number of hydrogen-bond acceptors (Lipinski definition) is 3. The van der Waals surface area contributed by atoms with Gasteiger partial charge in [-0.25, -0.2) is 0 Å². The van der Waals surface area contributed by atoms with Gasteiger partial charge in [-0.2, -0.15) is 0 Å². The normalized spacial score (nSPS) is 12.1. The van der Waals surface area contributed by atoms with E-state index in [2.05, 4.69) is 11.2 Å². The summed E-state index contributed by atoms with van der Waals surface area (Å²) in [6.07, 6.45) is 1.88. The average Bonchev–Trinajstić information content (AvgIpc) is 1.97. The summed E-state index contributed by atoms with van der Waals surface area (Å²) in [4.78, 5) is 10.4. The highest BCUT2D eigenvalue weighted by atomic mass is 16.4. The number of rotatable bonds is 6. The van der Waals surface area contributed by atoms with Crippen molar-refractivity contribution in [2.24, 2.45) is 5.73 Å². The van der Waals surface area contributed by atoms with Crippen LogP contribution >= 0.6 is 0 Å². The van der Waals surface area contributed by atoms with Gasteiger partial charge < -0.3 is 15.5 Å². The summed E-state index contributed by atoms with van der Waals surface area (Å²) < 4.78 is 4.63. The third kappa shape index (κ3) is 4.58. The summed E-state index contributed by atoms with van der Waals surface area (Å²) >= 11 is 0. The van der Waals surface area contributed by atoms with E-state index in [9.17, 15) is 4.79 Å². The Hall–Kier alpha value is -0.805. The van der Waals surface area contributed by atoms with Gasteiger partial charge in [-0.05, 0) is 6.42 Å². The highest BCUT2D eigenvalue weighted by Crippen LogP contribution is 2.09. The molecule has 0 amide bonds. The summed E-state index contributed by atoms with van der Waals surface area (Å²) in [6, 6.07) is 0. The fourth-order valence-corrected chi connectivity index (χ4v) is 0.566. The lowest BCUT2D eigenvalue weighted by molar-refractivity contribution is -0.137. The van der Waals surface area contributed by atoms with Gasteiger partial charge in [0, 0.05) is 0 Å². The van der Waals surface area contributed by atoms with Crippen molar-refractivity contribution in [2.75, 3.05) is 6.73 Å². The molecule has 0 fully saturated rings. The second kappa shape index (κ2) is 5.94. The number of carboxylic acids is 1. The maximum absolute atomic E-state index is 10.4. The number of hydrogen-bond donors (Lipinski definition) is 2. The minimum atomic E-state index is -0.932. The molecule has 0 aliphatic heterocycles. The molecule has 0 aromatic heterocycles. The van der Waals surface area contributed by atoms with Crippen molar-refractivity contribution in [1.82, 2.24) is 0 Å². The standard InChI is InChI=1S/C6H11BNO3/c1-2-3-5(6(9)10)7-11-4-8/h2,5H,1,3-4,8H2,(H,9,10). The first-order chi connectivity index (χ1) is 5.22. The van der Waals surface area contributed by atoms with Crippen LogP contribution in [-0.4, -0.2) is 25.3 Å². The lowest BCUT2D eigenvalue weighted by Gasteiger charge is -2.06. The molecule has 0 aromatic rings. The minimum Gasteiger partial charge on any atom is -0.481 e. The van der Waals surface area contributed by atoms with Gasteiger partial charge in [-0.15, -0.1) is 6.58 Å². The summed E-state index contributed by atoms with van der Waals surface area (Å²) in [5, 5.41) is 8.53. The van der Waals surface area contributed by atoms with Crippen molar-refractivity contribution in [1.29, 1.82) is 0 Å². The molecule has 1 radical (unpaired) electrons. The van der Waals surface area contributed by atoms with Crippen LogP contribution in [0.1, 0.15) is 6.42 Å². The van der Waals surface area contributed by atoms with Crippen LogP contribution in [0.2, 0.25) is 5.82 Å². The quantitative estimate of drug-likeness (QED) is 0.322. The largest absolute Gasteiger partial charge is 0.481 e. The zero-order valence-corrected chi connectivity index (χ0v) is 6.19. The zero-order chi connectivity index (χ0) is 8.69. The average molecular weight is 156 g/mol. The first-order valence-electron chi connectivity index (χ1n) is 3.21. The number of aliphatic carboxylic acids is 1. The molecule has 11 heavy (non-hydrogen) atoms. The second-order valence-corrected chi connectivity index (χ2v) is 1.94. The fraction of sp³-hybridized carbons (Fsp3) is 0.500. The van der Waals surface area contributed by atoms with Crippen LogP contribution in [0.25, 0.3) is 0 Å². The number of nitrogens with two attached hydrogens (primary N) is 1. The van der Waals surface area contributed by atoms with Crippen molar-refractivity contribution in [3.05, 3.63) is 12.7 Å². The van der Waals surface area contributed by atoms with Crippen molar-refractivity contribution in [3.63, 3.8) is 0 Å². The molecule has 4 nitrogen and oxygen atoms in total. The molecule has 0 bridgehead atoms. The third-order valence-electron chi connectivity index (χ3n) is 1.09. The molecular formula is C6H11BNO3. The predicted octanol–water partition coefficient (Wildman–Crippen LogP) is -0.0124. The van der Waals surface area contributed by atoms with E-state index in [0.29, 0.717) is 6.42 Å². The molecule has 0 rings (SSSR count). The Kier molecular flexibility index (Phi) is 5.51. The van der Waals surface area contributed by atoms with Gasteiger partial charge in [0.2, 0.25) is 0 Å². The lowest BCUT2D eigenvalue weighted by Crippen LogP contribution is -2.19. The predicted molar refractivity (Wildman–Crippen MR) is 42.1 cm³/mol.